The molecule has 4 nitrogen and oxygen atoms in total. The lowest BCUT2D eigenvalue weighted by molar-refractivity contribution is -0.132. The number of para-hydroxylation sites is 1. The number of rotatable bonds is 6. The van der Waals surface area contributed by atoms with Crippen molar-refractivity contribution in [1.82, 2.24) is 9.80 Å². The molecule has 0 spiro atoms. The summed E-state index contributed by atoms with van der Waals surface area (Å²) in [6.45, 7) is 1.08. The molecule has 0 aromatic heterocycles. The minimum Gasteiger partial charge on any atom is -0.496 e. The maximum Gasteiger partial charge on any atom is 0.236 e. The summed E-state index contributed by atoms with van der Waals surface area (Å²) in [4.78, 5) is 16.5. The number of hydrogen-bond acceptors (Lipinski definition) is 3. The molecule has 0 bridgehead atoms. The van der Waals surface area contributed by atoms with Gasteiger partial charge in [-0.25, -0.2) is 0 Å². The normalized spacial score (nSPS) is 15.8. The molecule has 1 fully saturated rings. The molecule has 0 radical (unpaired) electrons. The largest absolute Gasteiger partial charge is 0.496 e. The van der Waals surface area contributed by atoms with Gasteiger partial charge in [0.25, 0.3) is 0 Å². The fraction of sp³-hybridized carbons (Fsp3) is 0.611. The molecule has 0 unspecified atom stereocenters. The van der Waals surface area contributed by atoms with E-state index in [2.05, 4.69) is 11.9 Å². The fourth-order valence-corrected chi connectivity index (χ4v) is 3.16. The fourth-order valence-electron chi connectivity index (χ4n) is 3.16. The van der Waals surface area contributed by atoms with Crippen molar-refractivity contribution in [3.05, 3.63) is 29.8 Å². The third-order valence-electron chi connectivity index (χ3n) is 4.61. The van der Waals surface area contributed by atoms with E-state index in [9.17, 15) is 4.79 Å². The minimum absolute atomic E-state index is 0.166. The molecule has 1 amide bonds. The smallest absolute Gasteiger partial charge is 0.236 e. The highest BCUT2D eigenvalue weighted by Crippen LogP contribution is 2.22. The third kappa shape index (κ3) is 4.47. The van der Waals surface area contributed by atoms with E-state index in [1.54, 1.807) is 12.0 Å². The van der Waals surface area contributed by atoms with Crippen LogP contribution in [0.15, 0.2) is 24.3 Å². The van der Waals surface area contributed by atoms with Gasteiger partial charge in [-0.2, -0.15) is 0 Å². The average molecular weight is 304 g/mol. The highest BCUT2D eigenvalue weighted by Gasteiger charge is 2.21. The lowest BCUT2D eigenvalue weighted by Gasteiger charge is -2.31. The predicted octanol–water partition coefficient (Wildman–Crippen LogP) is 2.92. The molecule has 1 aromatic carbocycles. The van der Waals surface area contributed by atoms with Crippen molar-refractivity contribution in [3.8, 4) is 5.75 Å². The van der Waals surface area contributed by atoms with Gasteiger partial charge in [0, 0.05) is 25.2 Å². The van der Waals surface area contributed by atoms with E-state index in [1.807, 2.05) is 31.3 Å². The number of nitrogens with zero attached hydrogens (tertiary/aromatic N) is 2. The van der Waals surface area contributed by atoms with Crippen LogP contribution in [0.4, 0.5) is 0 Å². The number of amides is 1. The number of carbonyl (C=O) groups is 1. The molecule has 122 valence electrons. The van der Waals surface area contributed by atoms with Crippen LogP contribution in [0.1, 0.15) is 37.7 Å². The zero-order valence-electron chi connectivity index (χ0n) is 14.0. The lowest BCUT2D eigenvalue weighted by Crippen LogP contribution is -2.41. The van der Waals surface area contributed by atoms with Crippen molar-refractivity contribution in [2.45, 2.75) is 44.7 Å². The molecular formula is C18H28N2O2. The lowest BCUT2D eigenvalue weighted by atomic mass is 9.94. The number of ether oxygens (including phenoxy) is 1. The highest BCUT2D eigenvalue weighted by atomic mass is 16.5. The monoisotopic (exact) mass is 304 g/mol. The number of likely N-dealkylation sites (N-methyl/N-ethyl adjacent to an activating group) is 2. The molecule has 1 aromatic rings. The Hall–Kier alpha value is -1.55. The van der Waals surface area contributed by atoms with Crippen LogP contribution in [-0.2, 0) is 11.3 Å². The summed E-state index contributed by atoms with van der Waals surface area (Å²) in [6, 6.07) is 8.43. The van der Waals surface area contributed by atoms with Gasteiger partial charge in [0.2, 0.25) is 5.91 Å². The molecular weight excluding hydrogens is 276 g/mol. The summed E-state index contributed by atoms with van der Waals surface area (Å²) in [5.74, 6) is 1.00. The van der Waals surface area contributed by atoms with Gasteiger partial charge in [0.05, 0.1) is 13.7 Å². The third-order valence-corrected chi connectivity index (χ3v) is 4.61. The number of methoxy groups -OCH3 is 1. The molecule has 0 heterocycles. The van der Waals surface area contributed by atoms with Crippen molar-refractivity contribution < 1.29 is 9.53 Å². The molecule has 0 aliphatic heterocycles. The summed E-state index contributed by atoms with van der Waals surface area (Å²) in [6.07, 6.45) is 6.37. The maximum absolute atomic E-state index is 12.4. The standard InChI is InChI=1S/C18H28N2O2/c1-19(16-10-5-4-6-11-16)14-18(21)20(2)13-15-9-7-8-12-17(15)22-3/h7-9,12,16H,4-6,10-11,13-14H2,1-3H3. The van der Waals surface area contributed by atoms with Crippen molar-refractivity contribution >= 4 is 5.91 Å². The molecule has 1 saturated carbocycles. The minimum atomic E-state index is 0.166. The number of benzene rings is 1. The van der Waals surface area contributed by atoms with Gasteiger partial charge < -0.3 is 9.64 Å². The van der Waals surface area contributed by atoms with E-state index >= 15 is 0 Å². The number of hydrogen-bond donors (Lipinski definition) is 0. The first-order valence-corrected chi connectivity index (χ1v) is 8.18. The maximum atomic E-state index is 12.4. The first-order valence-electron chi connectivity index (χ1n) is 8.18. The van der Waals surface area contributed by atoms with Crippen molar-refractivity contribution in [2.75, 3.05) is 27.7 Å². The quantitative estimate of drug-likeness (QED) is 0.810. The molecule has 0 atom stereocenters. The van der Waals surface area contributed by atoms with Crippen molar-refractivity contribution in [2.24, 2.45) is 0 Å². The van der Waals surface area contributed by atoms with Crippen molar-refractivity contribution in [1.29, 1.82) is 0 Å². The summed E-state index contributed by atoms with van der Waals surface area (Å²) >= 11 is 0. The van der Waals surface area contributed by atoms with E-state index in [0.29, 0.717) is 19.1 Å². The predicted molar refractivity (Wildman–Crippen MR) is 89.0 cm³/mol. The topological polar surface area (TPSA) is 32.8 Å². The molecule has 1 aliphatic rings. The van der Waals surface area contributed by atoms with Gasteiger partial charge in [-0.05, 0) is 26.0 Å². The van der Waals surface area contributed by atoms with E-state index in [4.69, 9.17) is 4.74 Å². The van der Waals surface area contributed by atoms with Crippen molar-refractivity contribution in [3.63, 3.8) is 0 Å². The SMILES string of the molecule is COc1ccccc1CN(C)C(=O)CN(C)C1CCCCC1. The first kappa shape index (κ1) is 16.8. The van der Waals surface area contributed by atoms with Gasteiger partial charge in [0.1, 0.15) is 5.75 Å². The zero-order chi connectivity index (χ0) is 15.9. The van der Waals surface area contributed by atoms with Crippen LogP contribution in [0.25, 0.3) is 0 Å². The molecule has 0 saturated heterocycles. The second-order valence-electron chi connectivity index (χ2n) is 6.27. The van der Waals surface area contributed by atoms with Crippen LogP contribution in [0, 0.1) is 0 Å². The summed E-state index contributed by atoms with van der Waals surface area (Å²) < 4.78 is 5.35. The Labute approximate surface area is 134 Å². The van der Waals surface area contributed by atoms with Gasteiger partial charge >= 0.3 is 0 Å². The van der Waals surface area contributed by atoms with E-state index < -0.39 is 0 Å². The Morgan fingerprint density at radius 1 is 1.18 bits per heavy atom. The van der Waals surface area contributed by atoms with Crippen LogP contribution >= 0.6 is 0 Å². The Balaban J connectivity index is 1.88. The molecule has 1 aliphatic carbocycles. The van der Waals surface area contributed by atoms with Crippen LogP contribution in [0.5, 0.6) is 5.75 Å². The molecule has 2 rings (SSSR count). The second-order valence-corrected chi connectivity index (χ2v) is 6.27. The van der Waals surface area contributed by atoms with Gasteiger partial charge in [-0.1, -0.05) is 37.5 Å². The molecule has 22 heavy (non-hydrogen) atoms. The van der Waals surface area contributed by atoms with Crippen LogP contribution in [-0.4, -0.2) is 49.5 Å². The average Bonchev–Trinajstić information content (AvgIpc) is 2.56. The van der Waals surface area contributed by atoms with Gasteiger partial charge in [-0.15, -0.1) is 0 Å². The van der Waals surface area contributed by atoms with Gasteiger partial charge in [0.15, 0.2) is 0 Å². The van der Waals surface area contributed by atoms with Gasteiger partial charge in [-0.3, -0.25) is 9.69 Å². The zero-order valence-corrected chi connectivity index (χ0v) is 14.0. The second kappa shape index (κ2) is 8.18. The summed E-state index contributed by atoms with van der Waals surface area (Å²) in [5, 5.41) is 0. The van der Waals surface area contributed by atoms with Crippen LogP contribution in [0.3, 0.4) is 0 Å². The molecule has 0 N–H and O–H groups in total. The summed E-state index contributed by atoms with van der Waals surface area (Å²) in [7, 11) is 5.60. The highest BCUT2D eigenvalue weighted by molar-refractivity contribution is 5.78. The molecule has 4 heteroatoms. The summed E-state index contributed by atoms with van der Waals surface area (Å²) in [5.41, 5.74) is 1.04. The Bertz CT molecular complexity index is 484. The Morgan fingerprint density at radius 3 is 2.55 bits per heavy atom. The number of carbonyl (C=O) groups excluding carboxylic acids is 1. The Kier molecular flexibility index (Phi) is 6.25. The van der Waals surface area contributed by atoms with E-state index in [0.717, 1.165) is 11.3 Å². The van der Waals surface area contributed by atoms with E-state index in [1.165, 1.54) is 32.1 Å². The van der Waals surface area contributed by atoms with Crippen LogP contribution in [0.2, 0.25) is 0 Å². The van der Waals surface area contributed by atoms with E-state index in [-0.39, 0.29) is 5.91 Å². The first-order chi connectivity index (χ1) is 10.6. The van der Waals surface area contributed by atoms with Crippen LogP contribution < -0.4 is 4.74 Å². The Morgan fingerprint density at radius 2 is 1.86 bits per heavy atom.